The van der Waals surface area contributed by atoms with E-state index >= 15 is 0 Å². The highest BCUT2D eigenvalue weighted by molar-refractivity contribution is 7.18. The topological polar surface area (TPSA) is 65.5 Å². The average molecular weight is 309 g/mol. The molecule has 1 N–H and O–H groups in total. The molecule has 0 amide bonds. The van der Waals surface area contributed by atoms with Crippen LogP contribution in [-0.2, 0) is 4.74 Å². The first-order valence-electron chi connectivity index (χ1n) is 6.57. The Balaban J connectivity index is 2.06. The third kappa shape index (κ3) is 4.05. The highest BCUT2D eigenvalue weighted by Crippen LogP contribution is 2.34. The maximum Gasteiger partial charge on any atom is 0.206 e. The Morgan fingerprint density at radius 1 is 1.10 bits per heavy atom. The molecular weight excluding hydrogens is 290 g/mol. The summed E-state index contributed by atoms with van der Waals surface area (Å²) in [6.07, 6.45) is 0.932. The fourth-order valence-corrected chi connectivity index (χ4v) is 2.56. The van der Waals surface area contributed by atoms with E-state index in [1.54, 1.807) is 21.3 Å². The van der Waals surface area contributed by atoms with Crippen molar-refractivity contribution in [1.82, 2.24) is 10.2 Å². The molecule has 1 heterocycles. The van der Waals surface area contributed by atoms with Crippen LogP contribution in [-0.4, -0.2) is 44.7 Å². The molecule has 0 aliphatic carbocycles. The maximum atomic E-state index is 5.30. The van der Waals surface area contributed by atoms with E-state index in [0.717, 1.165) is 35.3 Å². The Bertz CT molecular complexity index is 574. The van der Waals surface area contributed by atoms with E-state index in [9.17, 15) is 0 Å². The summed E-state index contributed by atoms with van der Waals surface area (Å²) < 4.78 is 15.5. The number of aromatic nitrogens is 2. The van der Waals surface area contributed by atoms with Crippen molar-refractivity contribution in [3.05, 3.63) is 18.2 Å². The van der Waals surface area contributed by atoms with Crippen molar-refractivity contribution in [3.8, 4) is 22.1 Å². The Hall–Kier alpha value is -1.86. The van der Waals surface area contributed by atoms with Gasteiger partial charge in [-0.3, -0.25) is 0 Å². The number of anilines is 1. The zero-order valence-corrected chi connectivity index (χ0v) is 13.2. The lowest BCUT2D eigenvalue weighted by molar-refractivity contribution is 0.198. The summed E-state index contributed by atoms with van der Waals surface area (Å²) in [5.74, 6) is 1.38. The van der Waals surface area contributed by atoms with E-state index in [0.29, 0.717) is 11.5 Å². The van der Waals surface area contributed by atoms with Gasteiger partial charge in [0.2, 0.25) is 5.13 Å². The predicted molar refractivity (Wildman–Crippen MR) is 83.4 cm³/mol. The number of nitrogens with one attached hydrogen (secondary N) is 1. The van der Waals surface area contributed by atoms with E-state index in [1.807, 2.05) is 18.2 Å². The number of methoxy groups -OCH3 is 3. The summed E-state index contributed by atoms with van der Waals surface area (Å²) in [6, 6.07) is 5.70. The van der Waals surface area contributed by atoms with Crippen LogP contribution in [0.15, 0.2) is 18.2 Å². The molecule has 21 heavy (non-hydrogen) atoms. The third-order valence-corrected chi connectivity index (χ3v) is 3.79. The number of nitrogens with zero attached hydrogens (tertiary/aromatic N) is 2. The van der Waals surface area contributed by atoms with Gasteiger partial charge in [-0.1, -0.05) is 11.3 Å². The summed E-state index contributed by atoms with van der Waals surface area (Å²) in [4.78, 5) is 0. The lowest BCUT2D eigenvalue weighted by Gasteiger charge is -2.07. The third-order valence-electron chi connectivity index (χ3n) is 2.86. The van der Waals surface area contributed by atoms with Crippen LogP contribution >= 0.6 is 11.3 Å². The summed E-state index contributed by atoms with van der Waals surface area (Å²) in [5.41, 5.74) is 0.954. The molecule has 0 spiro atoms. The zero-order valence-electron chi connectivity index (χ0n) is 12.4. The van der Waals surface area contributed by atoms with Gasteiger partial charge in [0.25, 0.3) is 0 Å². The minimum absolute atomic E-state index is 0.680. The lowest BCUT2D eigenvalue weighted by atomic mass is 10.2. The van der Waals surface area contributed by atoms with Gasteiger partial charge in [0.05, 0.1) is 14.2 Å². The van der Waals surface area contributed by atoms with Crippen molar-refractivity contribution in [2.45, 2.75) is 6.42 Å². The summed E-state index contributed by atoms with van der Waals surface area (Å²) >= 11 is 1.51. The molecule has 1 aromatic heterocycles. The van der Waals surface area contributed by atoms with Crippen molar-refractivity contribution in [2.24, 2.45) is 0 Å². The molecule has 114 valence electrons. The molecule has 0 bridgehead atoms. The van der Waals surface area contributed by atoms with Gasteiger partial charge in [-0.15, -0.1) is 10.2 Å². The Morgan fingerprint density at radius 3 is 2.62 bits per heavy atom. The molecule has 0 unspecified atom stereocenters. The summed E-state index contributed by atoms with van der Waals surface area (Å²) in [5, 5.41) is 13.2. The van der Waals surface area contributed by atoms with Gasteiger partial charge in [-0.2, -0.15) is 0 Å². The first kappa shape index (κ1) is 15.5. The standard InChI is InChI=1S/C14H19N3O3S/c1-18-8-4-7-15-14-17-16-13(21-14)10-5-6-11(19-2)12(9-10)20-3/h5-6,9H,4,7-8H2,1-3H3,(H,15,17). The van der Waals surface area contributed by atoms with Gasteiger partial charge in [0.1, 0.15) is 5.01 Å². The monoisotopic (exact) mass is 309 g/mol. The normalized spacial score (nSPS) is 10.4. The van der Waals surface area contributed by atoms with E-state index in [4.69, 9.17) is 14.2 Å². The number of rotatable bonds is 8. The maximum absolute atomic E-state index is 5.30. The molecule has 0 saturated carbocycles. The zero-order chi connectivity index (χ0) is 15.1. The first-order chi connectivity index (χ1) is 10.3. The van der Waals surface area contributed by atoms with Crippen LogP contribution in [0.25, 0.3) is 10.6 Å². The fraction of sp³-hybridized carbons (Fsp3) is 0.429. The van der Waals surface area contributed by atoms with Crippen LogP contribution < -0.4 is 14.8 Å². The van der Waals surface area contributed by atoms with Crippen molar-refractivity contribution < 1.29 is 14.2 Å². The van der Waals surface area contributed by atoms with Gasteiger partial charge in [-0.05, 0) is 24.6 Å². The lowest BCUT2D eigenvalue weighted by Crippen LogP contribution is -2.04. The molecule has 0 fully saturated rings. The Labute approximate surface area is 128 Å². The van der Waals surface area contributed by atoms with Crippen LogP contribution in [0.5, 0.6) is 11.5 Å². The number of hydrogen-bond donors (Lipinski definition) is 1. The second-order valence-electron chi connectivity index (χ2n) is 4.26. The predicted octanol–water partition coefficient (Wildman–Crippen LogP) is 2.67. The number of benzene rings is 1. The van der Waals surface area contributed by atoms with Crippen LogP contribution in [0.3, 0.4) is 0 Å². The minimum atomic E-state index is 0.680. The van der Waals surface area contributed by atoms with Gasteiger partial charge >= 0.3 is 0 Å². The second-order valence-corrected chi connectivity index (χ2v) is 5.23. The number of hydrogen-bond acceptors (Lipinski definition) is 7. The largest absolute Gasteiger partial charge is 0.493 e. The van der Waals surface area contributed by atoms with Crippen molar-refractivity contribution in [1.29, 1.82) is 0 Å². The molecule has 6 nitrogen and oxygen atoms in total. The van der Waals surface area contributed by atoms with Crippen LogP contribution in [0, 0.1) is 0 Å². The molecule has 1 aromatic carbocycles. The molecule has 0 atom stereocenters. The van der Waals surface area contributed by atoms with E-state index in [-0.39, 0.29) is 0 Å². The minimum Gasteiger partial charge on any atom is -0.493 e. The van der Waals surface area contributed by atoms with Crippen LogP contribution in [0.4, 0.5) is 5.13 Å². The molecule has 2 rings (SSSR count). The molecular formula is C14H19N3O3S. The van der Waals surface area contributed by atoms with E-state index < -0.39 is 0 Å². The molecule has 7 heteroatoms. The Kier molecular flexibility index (Phi) is 5.77. The van der Waals surface area contributed by atoms with Crippen molar-refractivity contribution >= 4 is 16.5 Å². The fourth-order valence-electron chi connectivity index (χ4n) is 1.79. The van der Waals surface area contributed by atoms with Gasteiger partial charge < -0.3 is 19.5 Å². The molecule has 0 saturated heterocycles. The average Bonchev–Trinajstić information content (AvgIpc) is 2.99. The number of ether oxygens (including phenoxy) is 3. The van der Waals surface area contributed by atoms with Crippen molar-refractivity contribution in [2.75, 3.05) is 39.8 Å². The van der Waals surface area contributed by atoms with Crippen LogP contribution in [0.1, 0.15) is 6.42 Å². The SMILES string of the molecule is COCCCNc1nnc(-c2ccc(OC)c(OC)c2)s1. The molecule has 2 aromatic rings. The van der Waals surface area contributed by atoms with E-state index in [1.165, 1.54) is 11.3 Å². The van der Waals surface area contributed by atoms with Gasteiger partial charge in [-0.25, -0.2) is 0 Å². The van der Waals surface area contributed by atoms with Gasteiger partial charge in [0, 0.05) is 25.8 Å². The molecule has 0 radical (unpaired) electrons. The summed E-state index contributed by atoms with van der Waals surface area (Å²) in [7, 11) is 4.93. The quantitative estimate of drug-likeness (QED) is 0.756. The van der Waals surface area contributed by atoms with Crippen LogP contribution in [0.2, 0.25) is 0 Å². The van der Waals surface area contributed by atoms with Crippen molar-refractivity contribution in [3.63, 3.8) is 0 Å². The molecule has 0 aliphatic heterocycles. The summed E-state index contributed by atoms with van der Waals surface area (Å²) in [6.45, 7) is 1.54. The smallest absolute Gasteiger partial charge is 0.206 e. The first-order valence-corrected chi connectivity index (χ1v) is 7.39. The van der Waals surface area contributed by atoms with E-state index in [2.05, 4.69) is 15.5 Å². The Morgan fingerprint density at radius 2 is 1.90 bits per heavy atom. The highest BCUT2D eigenvalue weighted by atomic mass is 32.1. The highest BCUT2D eigenvalue weighted by Gasteiger charge is 2.10. The second kappa shape index (κ2) is 7.80. The molecule has 0 aliphatic rings. The van der Waals surface area contributed by atoms with Gasteiger partial charge in [0.15, 0.2) is 11.5 Å².